The Balaban J connectivity index is 1.58. The van der Waals surface area contributed by atoms with E-state index in [0.717, 1.165) is 49.2 Å². The van der Waals surface area contributed by atoms with Crippen molar-refractivity contribution < 1.29 is 5.79 Å². The number of rotatable bonds is 2. The number of furan rings is 1. The number of benzene rings is 7. The summed E-state index contributed by atoms with van der Waals surface area (Å²) in [4.78, 5) is 0. The Labute approximate surface area is 215 Å². The molecule has 37 heavy (non-hydrogen) atoms. The van der Waals surface area contributed by atoms with Crippen LogP contribution in [0.15, 0.2) is 138 Å². The van der Waals surface area contributed by atoms with Crippen molar-refractivity contribution >= 4 is 54.3 Å². The summed E-state index contributed by atoms with van der Waals surface area (Å²) in [6, 6.07) is 44.9. The molecule has 0 atom stereocenters. The van der Waals surface area contributed by atoms with E-state index in [1.807, 2.05) is 18.2 Å². The summed E-state index contributed by atoms with van der Waals surface area (Å²) < 4.78 is 15.0. The van der Waals surface area contributed by atoms with Gasteiger partial charge in [0.15, 0.2) is 0 Å². The van der Waals surface area contributed by atoms with Crippen LogP contribution in [-0.4, -0.2) is 0 Å². The average Bonchev–Trinajstić information content (AvgIpc) is 3.36. The smallest absolute Gasteiger partial charge is 0.143 e. The van der Waals surface area contributed by atoms with Crippen LogP contribution >= 0.6 is 0 Å². The monoisotopic (exact) mass is 471 g/mol. The lowest BCUT2D eigenvalue weighted by Crippen LogP contribution is -1.91. The molecule has 0 bridgehead atoms. The Hall–Kier alpha value is -4.88. The van der Waals surface area contributed by atoms with Gasteiger partial charge in [0.2, 0.25) is 0 Å². The Morgan fingerprint density at radius 3 is 1.97 bits per heavy atom. The molecule has 172 valence electrons. The topological polar surface area (TPSA) is 13.1 Å². The molecule has 1 aromatic heterocycles. The lowest BCUT2D eigenvalue weighted by atomic mass is 9.85. The van der Waals surface area contributed by atoms with Crippen LogP contribution in [0.4, 0.5) is 0 Å². The zero-order chi connectivity index (χ0) is 25.2. The molecule has 0 saturated heterocycles. The standard InChI is InChI=1S/C36H22O/c1-2-12-24(13-3-1)33-26-15-6-8-17-28(26)34(29-18-9-7-16-27(29)33)30-19-10-20-32-35(30)31-22-21-23-11-4-5-14-25(23)36(31)37-32/h1-22H/i6D. The Bertz CT molecular complexity index is 2190. The fraction of sp³-hybridized carbons (Fsp3) is 0. The number of hydrogen-bond acceptors (Lipinski definition) is 1. The number of fused-ring (bicyclic) bond motifs is 7. The number of hydrogen-bond donors (Lipinski definition) is 0. The van der Waals surface area contributed by atoms with E-state index in [4.69, 9.17) is 5.79 Å². The molecule has 0 radical (unpaired) electrons. The van der Waals surface area contributed by atoms with E-state index < -0.39 is 0 Å². The summed E-state index contributed by atoms with van der Waals surface area (Å²) in [5.41, 5.74) is 6.46. The Morgan fingerprint density at radius 2 is 1.14 bits per heavy atom. The molecule has 1 heteroatoms. The van der Waals surface area contributed by atoms with Gasteiger partial charge >= 0.3 is 0 Å². The van der Waals surface area contributed by atoms with Gasteiger partial charge in [-0.05, 0) is 61.3 Å². The average molecular weight is 472 g/mol. The molecule has 0 aliphatic heterocycles. The lowest BCUT2D eigenvalue weighted by Gasteiger charge is -2.18. The predicted molar refractivity (Wildman–Crippen MR) is 157 cm³/mol. The molecular formula is C36H22O. The van der Waals surface area contributed by atoms with E-state index in [9.17, 15) is 0 Å². The maximum atomic E-state index is 8.50. The minimum absolute atomic E-state index is 0.509. The maximum Gasteiger partial charge on any atom is 0.143 e. The van der Waals surface area contributed by atoms with Crippen molar-refractivity contribution in [2.75, 3.05) is 0 Å². The van der Waals surface area contributed by atoms with Crippen LogP contribution in [0.5, 0.6) is 0 Å². The molecule has 1 nitrogen and oxygen atoms in total. The van der Waals surface area contributed by atoms with Gasteiger partial charge in [0.05, 0.1) is 1.37 Å². The zero-order valence-electron chi connectivity index (χ0n) is 21.0. The van der Waals surface area contributed by atoms with Gasteiger partial charge in [-0.25, -0.2) is 0 Å². The molecule has 0 fully saturated rings. The van der Waals surface area contributed by atoms with Gasteiger partial charge in [0, 0.05) is 16.2 Å². The molecule has 8 aromatic rings. The maximum absolute atomic E-state index is 8.50. The lowest BCUT2D eigenvalue weighted by molar-refractivity contribution is 0.673. The fourth-order valence-corrected chi connectivity index (χ4v) is 6.03. The van der Waals surface area contributed by atoms with E-state index in [1.165, 1.54) is 27.3 Å². The fourth-order valence-electron chi connectivity index (χ4n) is 6.03. The van der Waals surface area contributed by atoms with Crippen molar-refractivity contribution in [3.63, 3.8) is 0 Å². The summed E-state index contributed by atoms with van der Waals surface area (Å²) in [5, 5.41) is 9.15. The van der Waals surface area contributed by atoms with Gasteiger partial charge in [-0.1, -0.05) is 121 Å². The summed E-state index contributed by atoms with van der Waals surface area (Å²) in [5.74, 6) is 0. The largest absolute Gasteiger partial charge is 0.455 e. The van der Waals surface area contributed by atoms with Gasteiger partial charge < -0.3 is 4.42 Å². The third kappa shape index (κ3) is 2.92. The molecule has 0 aliphatic carbocycles. The van der Waals surface area contributed by atoms with Crippen LogP contribution in [0.25, 0.3) is 76.5 Å². The van der Waals surface area contributed by atoms with Gasteiger partial charge in [-0.2, -0.15) is 0 Å². The van der Waals surface area contributed by atoms with Crippen LogP contribution in [0.1, 0.15) is 1.37 Å². The van der Waals surface area contributed by atoms with Gasteiger partial charge in [0.25, 0.3) is 0 Å². The molecule has 0 saturated carbocycles. The molecule has 0 amide bonds. The van der Waals surface area contributed by atoms with Gasteiger partial charge in [-0.15, -0.1) is 0 Å². The minimum atomic E-state index is 0.509. The summed E-state index contributed by atoms with van der Waals surface area (Å²) in [6.45, 7) is 0. The van der Waals surface area contributed by atoms with Crippen molar-refractivity contribution in [2.45, 2.75) is 0 Å². The van der Waals surface area contributed by atoms with Crippen LogP contribution in [0.2, 0.25) is 0 Å². The Morgan fingerprint density at radius 1 is 0.459 bits per heavy atom. The zero-order valence-corrected chi connectivity index (χ0v) is 20.0. The molecule has 0 aliphatic rings. The highest BCUT2D eigenvalue weighted by Crippen LogP contribution is 2.47. The highest BCUT2D eigenvalue weighted by Gasteiger charge is 2.20. The highest BCUT2D eigenvalue weighted by molar-refractivity contribution is 6.26. The molecule has 0 unspecified atom stereocenters. The first-order chi connectivity index (χ1) is 18.8. The molecule has 7 aromatic carbocycles. The van der Waals surface area contributed by atoms with Crippen molar-refractivity contribution in [3.05, 3.63) is 133 Å². The second-order valence-corrected chi connectivity index (χ2v) is 9.58. The Kier molecular flexibility index (Phi) is 4.08. The van der Waals surface area contributed by atoms with Gasteiger partial charge in [0.1, 0.15) is 11.2 Å². The summed E-state index contributed by atoms with van der Waals surface area (Å²) in [6.07, 6.45) is 0. The summed E-state index contributed by atoms with van der Waals surface area (Å²) >= 11 is 0. The first-order valence-electron chi connectivity index (χ1n) is 13.1. The van der Waals surface area contributed by atoms with E-state index in [2.05, 4.69) is 109 Å². The van der Waals surface area contributed by atoms with E-state index >= 15 is 0 Å². The SMILES string of the molecule is [2H]c1ccc2c(-c3cccc4oc5c6ccccc6ccc5c34)c3ccccc3c(-c3ccccc3)c2c1. The predicted octanol–water partition coefficient (Wildman–Crippen LogP) is 10.4. The second kappa shape index (κ2) is 7.81. The molecule has 0 spiro atoms. The van der Waals surface area contributed by atoms with Crippen molar-refractivity contribution in [1.29, 1.82) is 0 Å². The quantitative estimate of drug-likeness (QED) is 0.229. The van der Waals surface area contributed by atoms with Gasteiger partial charge in [-0.3, -0.25) is 0 Å². The van der Waals surface area contributed by atoms with Crippen molar-refractivity contribution in [3.8, 4) is 22.3 Å². The van der Waals surface area contributed by atoms with E-state index in [0.29, 0.717) is 6.04 Å². The first kappa shape index (κ1) is 19.3. The van der Waals surface area contributed by atoms with Crippen molar-refractivity contribution in [2.24, 2.45) is 0 Å². The van der Waals surface area contributed by atoms with Crippen LogP contribution in [0.3, 0.4) is 0 Å². The summed E-state index contributed by atoms with van der Waals surface area (Å²) in [7, 11) is 0. The van der Waals surface area contributed by atoms with Crippen LogP contribution in [-0.2, 0) is 0 Å². The molecule has 8 rings (SSSR count). The normalized spacial score (nSPS) is 12.2. The molecular weight excluding hydrogens is 448 g/mol. The third-order valence-corrected chi connectivity index (χ3v) is 7.59. The van der Waals surface area contributed by atoms with Crippen LogP contribution < -0.4 is 0 Å². The molecule has 0 N–H and O–H groups in total. The van der Waals surface area contributed by atoms with E-state index in [-0.39, 0.29) is 0 Å². The molecule has 1 heterocycles. The second-order valence-electron chi connectivity index (χ2n) is 9.58. The third-order valence-electron chi connectivity index (χ3n) is 7.59. The van der Waals surface area contributed by atoms with E-state index in [1.54, 1.807) is 0 Å². The minimum Gasteiger partial charge on any atom is -0.455 e. The first-order valence-corrected chi connectivity index (χ1v) is 12.6. The van der Waals surface area contributed by atoms with Crippen LogP contribution in [0, 0.1) is 0 Å². The highest BCUT2D eigenvalue weighted by atomic mass is 16.3. The van der Waals surface area contributed by atoms with Crippen molar-refractivity contribution in [1.82, 2.24) is 0 Å².